The lowest BCUT2D eigenvalue weighted by molar-refractivity contribution is 0.0266. The number of aromatic nitrogens is 1. The Labute approximate surface area is 174 Å². The second-order valence-corrected chi connectivity index (χ2v) is 8.05. The third-order valence-corrected chi connectivity index (χ3v) is 4.55. The topological polar surface area (TPSA) is 86.4 Å². The van der Waals surface area contributed by atoms with Gasteiger partial charge in [0.05, 0.1) is 12.2 Å². The van der Waals surface area contributed by atoms with Crippen molar-refractivity contribution >= 4 is 12.1 Å². The average molecular weight is 409 g/mol. The van der Waals surface area contributed by atoms with Crippen LogP contribution in [0.15, 0.2) is 21.8 Å². The number of nitrogens with one attached hydrogen (secondary N) is 1. The van der Waals surface area contributed by atoms with Crippen LogP contribution < -0.4 is 5.32 Å². The van der Waals surface area contributed by atoms with Crippen LogP contribution in [-0.4, -0.2) is 89.9 Å². The Morgan fingerprint density at radius 1 is 1.31 bits per heavy atom. The fraction of sp³-hybridized carbons (Fsp3) is 0.750. The number of piperazine rings is 1. The van der Waals surface area contributed by atoms with Gasteiger partial charge in [0.15, 0.2) is 5.96 Å². The molecule has 0 saturated carbocycles. The average Bonchev–Trinajstić information content (AvgIpc) is 3.16. The van der Waals surface area contributed by atoms with Gasteiger partial charge < -0.3 is 24.4 Å². The third kappa shape index (κ3) is 7.92. The molecule has 0 spiro atoms. The number of hydrogen-bond acceptors (Lipinski definition) is 6. The summed E-state index contributed by atoms with van der Waals surface area (Å²) in [7, 11) is 0. The van der Waals surface area contributed by atoms with E-state index in [1.807, 2.05) is 33.8 Å². The minimum Gasteiger partial charge on any atom is -0.444 e. The van der Waals surface area contributed by atoms with Gasteiger partial charge in [-0.2, -0.15) is 0 Å². The summed E-state index contributed by atoms with van der Waals surface area (Å²) >= 11 is 0. The normalized spacial score (nSPS) is 16.0. The molecule has 0 aromatic carbocycles. The van der Waals surface area contributed by atoms with Crippen molar-refractivity contribution in [3.63, 3.8) is 0 Å². The van der Waals surface area contributed by atoms with E-state index in [4.69, 9.17) is 14.3 Å². The van der Waals surface area contributed by atoms with E-state index >= 15 is 0 Å². The lowest BCUT2D eigenvalue weighted by Crippen LogP contribution is -2.52. The number of guanidine groups is 1. The highest BCUT2D eigenvalue weighted by molar-refractivity contribution is 5.80. The first-order chi connectivity index (χ1) is 13.8. The standard InChI is InChI=1S/C20H36N6O3/c1-6-21-18(22-9-10-25(7-2)19(27)29-20(3,4)5)26-13-11-24(12-14-26)16-17-8-15-28-23-17/h8,15H,6-7,9-14,16H2,1-5H3,(H,21,22). The fourth-order valence-corrected chi connectivity index (χ4v) is 3.07. The zero-order valence-electron chi connectivity index (χ0n) is 18.5. The second kappa shape index (κ2) is 11.0. The van der Waals surface area contributed by atoms with Crippen molar-refractivity contribution in [3.05, 3.63) is 18.0 Å². The number of ether oxygens (including phenoxy) is 1. The van der Waals surface area contributed by atoms with Crippen LogP contribution >= 0.6 is 0 Å². The highest BCUT2D eigenvalue weighted by Gasteiger charge is 2.22. The van der Waals surface area contributed by atoms with Crippen LogP contribution in [0.4, 0.5) is 4.79 Å². The highest BCUT2D eigenvalue weighted by atomic mass is 16.6. The van der Waals surface area contributed by atoms with Crippen molar-refractivity contribution in [2.75, 3.05) is 52.4 Å². The number of amides is 1. The SMILES string of the molecule is CCNC(=NCCN(CC)C(=O)OC(C)(C)C)N1CCN(Cc2ccon2)CC1. The van der Waals surface area contributed by atoms with Gasteiger partial charge in [-0.25, -0.2) is 4.79 Å². The molecule has 0 unspecified atom stereocenters. The zero-order chi connectivity index (χ0) is 21.3. The quantitative estimate of drug-likeness (QED) is 0.545. The van der Waals surface area contributed by atoms with Gasteiger partial charge in [-0.15, -0.1) is 0 Å². The number of carbonyl (C=O) groups excluding carboxylic acids is 1. The van der Waals surface area contributed by atoms with Crippen LogP contribution in [0, 0.1) is 0 Å². The second-order valence-electron chi connectivity index (χ2n) is 8.05. The molecule has 2 heterocycles. The summed E-state index contributed by atoms with van der Waals surface area (Å²) in [6, 6.07) is 1.90. The summed E-state index contributed by atoms with van der Waals surface area (Å²) in [4.78, 5) is 23.3. The number of rotatable bonds is 7. The molecule has 0 bridgehead atoms. The first-order valence-electron chi connectivity index (χ1n) is 10.4. The van der Waals surface area contributed by atoms with Crippen LogP contribution in [0.1, 0.15) is 40.3 Å². The van der Waals surface area contributed by atoms with Crippen molar-refractivity contribution in [2.45, 2.75) is 46.8 Å². The Hall–Kier alpha value is -2.29. The Morgan fingerprint density at radius 2 is 2.03 bits per heavy atom. The molecular formula is C20H36N6O3. The number of likely N-dealkylation sites (N-methyl/N-ethyl adjacent to an activating group) is 1. The summed E-state index contributed by atoms with van der Waals surface area (Å²) in [5, 5.41) is 7.35. The predicted molar refractivity (Wildman–Crippen MR) is 113 cm³/mol. The number of nitrogens with zero attached hydrogens (tertiary/aromatic N) is 5. The molecule has 1 saturated heterocycles. The maximum Gasteiger partial charge on any atom is 0.410 e. The van der Waals surface area contributed by atoms with Gasteiger partial charge in [-0.1, -0.05) is 5.16 Å². The van der Waals surface area contributed by atoms with Gasteiger partial charge in [0, 0.05) is 58.4 Å². The van der Waals surface area contributed by atoms with Gasteiger partial charge in [0.25, 0.3) is 0 Å². The molecule has 0 atom stereocenters. The maximum absolute atomic E-state index is 12.3. The molecule has 1 aromatic heterocycles. The van der Waals surface area contributed by atoms with Gasteiger partial charge in [-0.3, -0.25) is 9.89 Å². The minimum absolute atomic E-state index is 0.290. The van der Waals surface area contributed by atoms with Crippen LogP contribution in [0.2, 0.25) is 0 Å². The smallest absolute Gasteiger partial charge is 0.410 e. The van der Waals surface area contributed by atoms with E-state index in [0.717, 1.165) is 50.9 Å². The van der Waals surface area contributed by atoms with E-state index in [9.17, 15) is 4.79 Å². The van der Waals surface area contributed by atoms with Crippen LogP contribution in [0.5, 0.6) is 0 Å². The van der Waals surface area contributed by atoms with E-state index in [1.165, 1.54) is 0 Å². The molecule has 1 amide bonds. The monoisotopic (exact) mass is 408 g/mol. The van der Waals surface area contributed by atoms with Crippen LogP contribution in [0.25, 0.3) is 0 Å². The lowest BCUT2D eigenvalue weighted by atomic mass is 10.2. The molecule has 1 aliphatic rings. The highest BCUT2D eigenvalue weighted by Crippen LogP contribution is 2.10. The number of aliphatic imine (C=N–C) groups is 1. The van der Waals surface area contributed by atoms with E-state index in [2.05, 4.69) is 27.2 Å². The summed E-state index contributed by atoms with van der Waals surface area (Å²) in [6.07, 6.45) is 1.32. The van der Waals surface area contributed by atoms with Crippen molar-refractivity contribution < 1.29 is 14.1 Å². The van der Waals surface area contributed by atoms with Gasteiger partial charge in [-0.05, 0) is 34.6 Å². The van der Waals surface area contributed by atoms with Crippen molar-refractivity contribution in [2.24, 2.45) is 4.99 Å². The Balaban J connectivity index is 1.85. The van der Waals surface area contributed by atoms with Crippen LogP contribution in [0.3, 0.4) is 0 Å². The maximum atomic E-state index is 12.3. The van der Waals surface area contributed by atoms with E-state index < -0.39 is 5.60 Å². The molecule has 1 N–H and O–H groups in total. The number of hydrogen-bond donors (Lipinski definition) is 1. The first-order valence-corrected chi connectivity index (χ1v) is 10.4. The Morgan fingerprint density at radius 3 is 2.59 bits per heavy atom. The number of carbonyl (C=O) groups is 1. The molecule has 9 nitrogen and oxygen atoms in total. The van der Waals surface area contributed by atoms with E-state index in [1.54, 1.807) is 11.2 Å². The fourth-order valence-electron chi connectivity index (χ4n) is 3.07. The molecule has 1 aromatic rings. The predicted octanol–water partition coefficient (Wildman–Crippen LogP) is 2.01. The lowest BCUT2D eigenvalue weighted by Gasteiger charge is -2.36. The molecule has 0 aliphatic carbocycles. The summed E-state index contributed by atoms with van der Waals surface area (Å²) in [5.41, 5.74) is 0.467. The first kappa shape index (κ1) is 23.0. The van der Waals surface area contributed by atoms with Gasteiger partial charge in [0.1, 0.15) is 11.9 Å². The zero-order valence-corrected chi connectivity index (χ0v) is 18.5. The van der Waals surface area contributed by atoms with Crippen LogP contribution in [-0.2, 0) is 11.3 Å². The molecule has 29 heavy (non-hydrogen) atoms. The van der Waals surface area contributed by atoms with Crippen molar-refractivity contribution in [1.82, 2.24) is 25.2 Å². The Bertz CT molecular complexity index is 633. The molecule has 1 fully saturated rings. The molecule has 1 aliphatic heterocycles. The largest absolute Gasteiger partial charge is 0.444 e. The summed E-state index contributed by atoms with van der Waals surface area (Å²) in [5.74, 6) is 0.897. The van der Waals surface area contributed by atoms with Crippen molar-refractivity contribution in [3.8, 4) is 0 Å². The third-order valence-electron chi connectivity index (χ3n) is 4.55. The minimum atomic E-state index is -0.492. The van der Waals surface area contributed by atoms with Crippen molar-refractivity contribution in [1.29, 1.82) is 0 Å². The molecule has 164 valence electrons. The summed E-state index contributed by atoms with van der Waals surface area (Å²) < 4.78 is 10.4. The molecule has 9 heteroatoms. The Kier molecular flexibility index (Phi) is 8.75. The van der Waals surface area contributed by atoms with Gasteiger partial charge in [0.2, 0.25) is 0 Å². The van der Waals surface area contributed by atoms with E-state index in [0.29, 0.717) is 19.6 Å². The molecule has 0 radical (unpaired) electrons. The molecule has 2 rings (SSSR count). The van der Waals surface area contributed by atoms with E-state index in [-0.39, 0.29) is 6.09 Å². The molecular weight excluding hydrogens is 372 g/mol. The summed E-state index contributed by atoms with van der Waals surface area (Å²) in [6.45, 7) is 16.6. The van der Waals surface area contributed by atoms with Gasteiger partial charge >= 0.3 is 6.09 Å².